The maximum Gasteiger partial charge on any atom is 0.250 e. The van der Waals surface area contributed by atoms with Gasteiger partial charge in [0.05, 0.1) is 0 Å². The molecule has 2 amide bonds. The number of sulfonamides is 1. The molecule has 1 aromatic heterocycles. The molecule has 0 unspecified atom stereocenters. The van der Waals surface area contributed by atoms with Gasteiger partial charge >= 0.3 is 0 Å². The summed E-state index contributed by atoms with van der Waals surface area (Å²) in [5.74, 6) is -0.411. The molecule has 2 saturated heterocycles. The van der Waals surface area contributed by atoms with Gasteiger partial charge in [0, 0.05) is 30.2 Å². The molecule has 0 spiro atoms. The molecule has 0 bridgehead atoms. The highest BCUT2D eigenvalue weighted by molar-refractivity contribution is 7.91. The van der Waals surface area contributed by atoms with Crippen LogP contribution >= 0.6 is 11.3 Å². The number of thiophene rings is 1. The number of benzene rings is 1. The molecule has 10 heteroatoms. The second-order valence-corrected chi connectivity index (χ2v) is 11.3. The Morgan fingerprint density at radius 2 is 1.91 bits per heavy atom. The summed E-state index contributed by atoms with van der Waals surface area (Å²) in [5, 5.41) is 0. The number of nitrogen functional groups attached to an aromatic ring is 1. The second kappa shape index (κ2) is 9.21. The third-order valence-electron chi connectivity index (χ3n) is 6.05. The van der Waals surface area contributed by atoms with Gasteiger partial charge in [0.15, 0.2) is 0 Å². The number of rotatable bonds is 6. The average molecular weight is 477 g/mol. The predicted octanol–water partition coefficient (Wildman–Crippen LogP) is 2.28. The van der Waals surface area contributed by atoms with Crippen LogP contribution in [0.1, 0.15) is 32.6 Å². The molecule has 0 saturated carbocycles. The topological polar surface area (TPSA) is 113 Å². The molecule has 3 heterocycles. The summed E-state index contributed by atoms with van der Waals surface area (Å²) in [6.45, 7) is 3.51. The Labute approximate surface area is 192 Å². The summed E-state index contributed by atoms with van der Waals surface area (Å²) in [6.07, 6.45) is 3.41. The van der Waals surface area contributed by atoms with E-state index in [9.17, 15) is 18.0 Å². The number of amides is 2. The highest BCUT2D eigenvalue weighted by Gasteiger charge is 2.40. The number of likely N-dealkylation sites (tertiary alicyclic amines) is 2. The fraction of sp³-hybridized carbons (Fsp3) is 0.455. The Morgan fingerprint density at radius 1 is 1.16 bits per heavy atom. The number of hydrogen-bond donors (Lipinski definition) is 2. The van der Waals surface area contributed by atoms with Gasteiger partial charge in [0.25, 0.3) is 10.0 Å². The van der Waals surface area contributed by atoms with Crippen LogP contribution in [-0.2, 0) is 19.6 Å². The summed E-state index contributed by atoms with van der Waals surface area (Å²) < 4.78 is 28.5. The Hall–Kier alpha value is -2.43. The SMILES string of the molecule is C[C@@H](C(=O)N1CCCCC1)N1CC[C@H](NS(=O)(=O)c2ccc(-c3cccc(N)c3)s2)C1=O. The van der Waals surface area contributed by atoms with Gasteiger partial charge in [-0.1, -0.05) is 12.1 Å². The van der Waals surface area contributed by atoms with Crippen molar-refractivity contribution in [2.24, 2.45) is 0 Å². The summed E-state index contributed by atoms with van der Waals surface area (Å²) in [4.78, 5) is 29.8. The van der Waals surface area contributed by atoms with Crippen LogP contribution in [0.3, 0.4) is 0 Å². The van der Waals surface area contributed by atoms with Crippen molar-refractivity contribution in [1.29, 1.82) is 0 Å². The Balaban J connectivity index is 1.43. The van der Waals surface area contributed by atoms with E-state index in [4.69, 9.17) is 5.73 Å². The Morgan fingerprint density at radius 3 is 2.62 bits per heavy atom. The first kappa shape index (κ1) is 22.8. The Kier molecular flexibility index (Phi) is 6.55. The van der Waals surface area contributed by atoms with Crippen molar-refractivity contribution in [2.75, 3.05) is 25.4 Å². The van der Waals surface area contributed by atoms with E-state index in [1.165, 1.54) is 11.0 Å². The number of nitrogens with two attached hydrogens (primary N) is 1. The zero-order chi connectivity index (χ0) is 22.9. The minimum Gasteiger partial charge on any atom is -0.399 e. The molecule has 2 aliphatic rings. The molecule has 2 aliphatic heterocycles. The number of hydrogen-bond acceptors (Lipinski definition) is 6. The van der Waals surface area contributed by atoms with E-state index in [1.54, 1.807) is 25.1 Å². The summed E-state index contributed by atoms with van der Waals surface area (Å²) >= 11 is 1.13. The zero-order valence-corrected chi connectivity index (χ0v) is 19.6. The first-order chi connectivity index (χ1) is 15.3. The van der Waals surface area contributed by atoms with Gasteiger partial charge in [-0.3, -0.25) is 9.59 Å². The molecule has 0 aliphatic carbocycles. The largest absolute Gasteiger partial charge is 0.399 e. The molecule has 1 aromatic carbocycles. The maximum atomic E-state index is 12.9. The fourth-order valence-electron chi connectivity index (χ4n) is 4.26. The molecule has 2 atom stereocenters. The van der Waals surface area contributed by atoms with Crippen molar-refractivity contribution in [3.05, 3.63) is 36.4 Å². The van der Waals surface area contributed by atoms with Gasteiger partial charge in [-0.05, 0) is 62.4 Å². The molecule has 2 aromatic rings. The maximum absolute atomic E-state index is 12.9. The predicted molar refractivity (Wildman–Crippen MR) is 124 cm³/mol. The van der Waals surface area contributed by atoms with Crippen molar-refractivity contribution in [3.63, 3.8) is 0 Å². The van der Waals surface area contributed by atoms with E-state index in [0.717, 1.165) is 54.1 Å². The molecule has 32 heavy (non-hydrogen) atoms. The third kappa shape index (κ3) is 4.67. The minimum atomic E-state index is -3.87. The number of nitrogens with one attached hydrogen (secondary N) is 1. The van der Waals surface area contributed by atoms with Crippen LogP contribution in [0.2, 0.25) is 0 Å². The average Bonchev–Trinajstić information content (AvgIpc) is 3.42. The van der Waals surface area contributed by atoms with E-state index in [-0.39, 0.29) is 16.0 Å². The molecule has 3 N–H and O–H groups in total. The van der Waals surface area contributed by atoms with Crippen LogP contribution in [-0.4, -0.2) is 61.7 Å². The number of anilines is 1. The van der Waals surface area contributed by atoms with E-state index >= 15 is 0 Å². The summed E-state index contributed by atoms with van der Waals surface area (Å²) in [7, 11) is -3.87. The zero-order valence-electron chi connectivity index (χ0n) is 18.0. The van der Waals surface area contributed by atoms with Crippen molar-refractivity contribution >= 4 is 38.9 Å². The number of carbonyl (C=O) groups is 2. The van der Waals surface area contributed by atoms with Crippen molar-refractivity contribution in [3.8, 4) is 10.4 Å². The molecule has 4 rings (SSSR count). The van der Waals surface area contributed by atoms with Crippen molar-refractivity contribution in [2.45, 2.75) is 48.9 Å². The molecule has 2 fully saturated rings. The second-order valence-electron chi connectivity index (χ2n) is 8.30. The minimum absolute atomic E-state index is 0.0633. The van der Waals surface area contributed by atoms with Crippen LogP contribution in [0.4, 0.5) is 5.69 Å². The quantitative estimate of drug-likeness (QED) is 0.621. The molecule has 172 valence electrons. The van der Waals surface area contributed by atoms with Crippen molar-refractivity contribution in [1.82, 2.24) is 14.5 Å². The van der Waals surface area contributed by atoms with Gasteiger partial charge in [0.1, 0.15) is 16.3 Å². The summed E-state index contributed by atoms with van der Waals surface area (Å²) in [5.41, 5.74) is 7.26. The lowest BCUT2D eigenvalue weighted by molar-refractivity contribution is -0.143. The fourth-order valence-corrected chi connectivity index (χ4v) is 6.81. The van der Waals surface area contributed by atoms with Gasteiger partial charge in [-0.25, -0.2) is 8.42 Å². The van der Waals surface area contributed by atoms with Gasteiger partial charge in [-0.15, -0.1) is 11.3 Å². The van der Waals surface area contributed by atoms with E-state index in [2.05, 4.69) is 4.72 Å². The Bertz CT molecular complexity index is 1110. The molecular weight excluding hydrogens is 448 g/mol. The lowest BCUT2D eigenvalue weighted by Crippen LogP contribution is -2.51. The van der Waals surface area contributed by atoms with Gasteiger partial charge < -0.3 is 15.5 Å². The standard InChI is InChI=1S/C22H28N4O4S2/c1-15(21(27)25-11-3-2-4-12-25)26-13-10-18(22(26)28)24-32(29,30)20-9-8-19(31-20)16-6-5-7-17(23)14-16/h5-9,14-15,18,24H,2-4,10-13,23H2,1H3/t15-,18-/m0/s1. The first-order valence-electron chi connectivity index (χ1n) is 10.8. The monoisotopic (exact) mass is 476 g/mol. The number of piperidine rings is 1. The highest BCUT2D eigenvalue weighted by Crippen LogP contribution is 2.32. The lowest BCUT2D eigenvalue weighted by atomic mass is 10.1. The van der Waals surface area contributed by atoms with Crippen molar-refractivity contribution < 1.29 is 18.0 Å². The first-order valence-corrected chi connectivity index (χ1v) is 13.1. The third-order valence-corrected chi connectivity index (χ3v) is 9.15. The number of nitrogens with zero attached hydrogens (tertiary/aromatic N) is 2. The van der Waals surface area contributed by atoms with Gasteiger partial charge in [-0.2, -0.15) is 4.72 Å². The summed E-state index contributed by atoms with van der Waals surface area (Å²) in [6, 6.07) is 9.04. The van der Waals surface area contributed by atoms with Crippen LogP contribution in [0.15, 0.2) is 40.6 Å². The van der Waals surface area contributed by atoms with E-state index in [1.807, 2.05) is 17.0 Å². The van der Waals surface area contributed by atoms with Crippen LogP contribution in [0.5, 0.6) is 0 Å². The lowest BCUT2D eigenvalue weighted by Gasteiger charge is -2.32. The van der Waals surface area contributed by atoms with Crippen LogP contribution in [0.25, 0.3) is 10.4 Å². The van der Waals surface area contributed by atoms with E-state index in [0.29, 0.717) is 18.7 Å². The van der Waals surface area contributed by atoms with E-state index < -0.39 is 22.1 Å². The number of carbonyl (C=O) groups excluding carboxylic acids is 2. The normalized spacial score (nSPS) is 20.5. The highest BCUT2D eigenvalue weighted by atomic mass is 32.2. The molecular formula is C22H28N4O4S2. The van der Waals surface area contributed by atoms with Gasteiger partial charge in [0.2, 0.25) is 11.8 Å². The molecule has 8 nitrogen and oxygen atoms in total. The smallest absolute Gasteiger partial charge is 0.250 e. The van der Waals surface area contributed by atoms with Crippen LogP contribution < -0.4 is 10.5 Å². The molecule has 0 radical (unpaired) electrons. The van der Waals surface area contributed by atoms with Crippen LogP contribution in [0, 0.1) is 0 Å².